The Labute approximate surface area is 178 Å². The van der Waals surface area contributed by atoms with E-state index in [-0.39, 0.29) is 32.5 Å². The first-order valence-corrected chi connectivity index (χ1v) is 10.9. The molecule has 0 saturated heterocycles. The molecule has 0 bridgehead atoms. The molecule has 5 nitrogen and oxygen atoms in total. The highest BCUT2D eigenvalue weighted by molar-refractivity contribution is 7.91. The van der Waals surface area contributed by atoms with Crippen LogP contribution in [0.25, 0.3) is 11.1 Å². The second kappa shape index (κ2) is 8.85. The summed E-state index contributed by atoms with van der Waals surface area (Å²) in [6, 6.07) is 15.7. The van der Waals surface area contributed by atoms with Crippen molar-refractivity contribution in [1.29, 1.82) is 0 Å². The van der Waals surface area contributed by atoms with E-state index in [4.69, 9.17) is 16.3 Å². The molecule has 0 aliphatic heterocycles. The number of carbonyl (C=O) groups is 1. The minimum atomic E-state index is -3.84. The first-order chi connectivity index (χ1) is 14.2. The molecule has 156 valence electrons. The smallest absolute Gasteiger partial charge is 0.344 e. The Morgan fingerprint density at radius 1 is 1.10 bits per heavy atom. The van der Waals surface area contributed by atoms with E-state index in [1.165, 1.54) is 42.5 Å². The third kappa shape index (κ3) is 4.47. The van der Waals surface area contributed by atoms with Gasteiger partial charge in [-0.15, -0.1) is 0 Å². The molecule has 0 spiro atoms. The van der Waals surface area contributed by atoms with Crippen molar-refractivity contribution in [2.75, 3.05) is 0 Å². The van der Waals surface area contributed by atoms with Crippen LogP contribution in [0.1, 0.15) is 13.3 Å². The first kappa shape index (κ1) is 21.8. The van der Waals surface area contributed by atoms with Gasteiger partial charge in [0.15, 0.2) is 6.10 Å². The molecule has 3 aromatic rings. The predicted octanol–water partition coefficient (Wildman–Crippen LogP) is 5.22. The summed E-state index contributed by atoms with van der Waals surface area (Å²) in [7, 11) is -3.84. The summed E-state index contributed by atoms with van der Waals surface area (Å²) in [5.74, 6) is -1.55. The molecule has 0 radical (unpaired) electrons. The fourth-order valence-electron chi connectivity index (χ4n) is 2.91. The fraction of sp³-hybridized carbons (Fsp3) is 0.136. The molecule has 0 saturated carbocycles. The zero-order valence-corrected chi connectivity index (χ0v) is 17.5. The Morgan fingerprint density at radius 2 is 1.80 bits per heavy atom. The van der Waals surface area contributed by atoms with Crippen LogP contribution in [0.2, 0.25) is 5.02 Å². The summed E-state index contributed by atoms with van der Waals surface area (Å²) in [5, 5.41) is 9.20. The Morgan fingerprint density at radius 3 is 2.40 bits per heavy atom. The van der Waals surface area contributed by atoms with Crippen LogP contribution in [0.4, 0.5) is 4.39 Å². The lowest BCUT2D eigenvalue weighted by atomic mass is 10.0. The molecule has 0 aliphatic rings. The number of aliphatic carboxylic acids is 1. The zero-order chi connectivity index (χ0) is 21.9. The maximum Gasteiger partial charge on any atom is 0.344 e. The van der Waals surface area contributed by atoms with Crippen LogP contribution < -0.4 is 4.74 Å². The van der Waals surface area contributed by atoms with Gasteiger partial charge in [-0.25, -0.2) is 17.6 Å². The molecule has 0 unspecified atom stereocenters. The molecule has 0 aliphatic carbocycles. The number of benzene rings is 3. The van der Waals surface area contributed by atoms with Gasteiger partial charge in [-0.05, 0) is 54.4 Å². The third-order valence-corrected chi connectivity index (χ3v) is 6.70. The van der Waals surface area contributed by atoms with Gasteiger partial charge >= 0.3 is 5.97 Å². The summed E-state index contributed by atoms with van der Waals surface area (Å²) in [5.41, 5.74) is 0.655. The maximum atomic E-state index is 13.9. The van der Waals surface area contributed by atoms with Crippen LogP contribution in [-0.2, 0) is 14.6 Å². The van der Waals surface area contributed by atoms with Gasteiger partial charge in [-0.1, -0.05) is 42.8 Å². The number of carboxylic acid groups (broad SMARTS) is 1. The molecule has 1 N–H and O–H groups in total. The molecule has 3 aromatic carbocycles. The predicted molar refractivity (Wildman–Crippen MR) is 111 cm³/mol. The lowest BCUT2D eigenvalue weighted by Crippen LogP contribution is -2.26. The van der Waals surface area contributed by atoms with Gasteiger partial charge < -0.3 is 9.84 Å². The molecule has 0 fully saturated rings. The molecule has 1 atom stereocenters. The Bertz CT molecular complexity index is 1180. The van der Waals surface area contributed by atoms with Gasteiger partial charge in [-0.2, -0.15) is 0 Å². The molecular weight excluding hydrogens is 431 g/mol. The van der Waals surface area contributed by atoms with Crippen LogP contribution in [0.15, 0.2) is 76.5 Å². The number of halogens is 2. The molecule has 3 rings (SSSR count). The van der Waals surface area contributed by atoms with E-state index in [2.05, 4.69) is 0 Å². The van der Waals surface area contributed by atoms with Crippen LogP contribution in [0.5, 0.6) is 5.75 Å². The van der Waals surface area contributed by atoms with Crippen molar-refractivity contribution in [2.24, 2.45) is 0 Å². The highest BCUT2D eigenvalue weighted by atomic mass is 35.5. The van der Waals surface area contributed by atoms with Crippen LogP contribution in [0, 0.1) is 5.82 Å². The van der Waals surface area contributed by atoms with Gasteiger partial charge in [0.1, 0.15) is 11.6 Å². The van der Waals surface area contributed by atoms with Crippen LogP contribution in [0.3, 0.4) is 0 Å². The largest absolute Gasteiger partial charge is 0.479 e. The monoisotopic (exact) mass is 448 g/mol. The average molecular weight is 449 g/mol. The highest BCUT2D eigenvalue weighted by Gasteiger charge is 2.23. The summed E-state index contributed by atoms with van der Waals surface area (Å²) in [6.45, 7) is 1.65. The van der Waals surface area contributed by atoms with Gasteiger partial charge in [0.05, 0.1) is 14.8 Å². The molecule has 0 aromatic heterocycles. The van der Waals surface area contributed by atoms with E-state index in [1.807, 2.05) is 0 Å². The Hall–Kier alpha value is -2.90. The van der Waals surface area contributed by atoms with Gasteiger partial charge in [-0.3, -0.25) is 0 Å². The SMILES string of the molecule is CC[C@H](Oc1ccc(F)cc1-c1ccc(S(=O)(=O)c2ccccc2)c(Cl)c1)C(=O)O. The lowest BCUT2D eigenvalue weighted by molar-refractivity contribution is -0.145. The van der Waals surface area contributed by atoms with Gasteiger partial charge in [0.2, 0.25) is 9.84 Å². The van der Waals surface area contributed by atoms with E-state index < -0.39 is 27.7 Å². The molecule has 0 amide bonds. The number of hydrogen-bond acceptors (Lipinski definition) is 4. The maximum absolute atomic E-state index is 13.9. The van der Waals surface area contributed by atoms with Crippen molar-refractivity contribution in [3.05, 3.63) is 77.6 Å². The molecule has 0 heterocycles. The second-order valence-electron chi connectivity index (χ2n) is 6.46. The number of hydrogen-bond donors (Lipinski definition) is 1. The molecule has 8 heteroatoms. The molecular formula is C22H18ClFO5S. The number of sulfone groups is 1. The highest BCUT2D eigenvalue weighted by Crippen LogP contribution is 2.36. The Kier molecular flexibility index (Phi) is 6.43. The number of carboxylic acids is 1. The van der Waals surface area contributed by atoms with E-state index in [9.17, 15) is 22.7 Å². The third-order valence-electron chi connectivity index (χ3n) is 4.44. The van der Waals surface area contributed by atoms with E-state index in [0.29, 0.717) is 5.56 Å². The second-order valence-corrected chi connectivity index (χ2v) is 8.78. The van der Waals surface area contributed by atoms with Crippen LogP contribution in [-0.4, -0.2) is 25.6 Å². The standard InChI is InChI=1S/C22H18ClFO5S/c1-2-19(22(25)26)29-20-10-9-15(24)13-17(20)14-8-11-21(18(23)12-14)30(27,28)16-6-4-3-5-7-16/h3-13,19H,2H2,1H3,(H,25,26)/t19-/m0/s1. The van der Waals surface area contributed by atoms with Crippen molar-refractivity contribution in [3.8, 4) is 16.9 Å². The normalized spacial score (nSPS) is 12.4. The first-order valence-electron chi connectivity index (χ1n) is 9.03. The summed E-state index contributed by atoms with van der Waals surface area (Å²) in [4.78, 5) is 11.3. The fourth-order valence-corrected chi connectivity index (χ4v) is 4.72. The van der Waals surface area contributed by atoms with Crippen molar-refractivity contribution in [3.63, 3.8) is 0 Å². The van der Waals surface area contributed by atoms with Crippen molar-refractivity contribution in [1.82, 2.24) is 0 Å². The van der Waals surface area contributed by atoms with E-state index >= 15 is 0 Å². The van der Waals surface area contributed by atoms with Crippen molar-refractivity contribution >= 4 is 27.4 Å². The van der Waals surface area contributed by atoms with E-state index in [0.717, 1.165) is 6.07 Å². The van der Waals surface area contributed by atoms with E-state index in [1.54, 1.807) is 25.1 Å². The summed E-state index contributed by atoms with van der Waals surface area (Å²) < 4.78 is 45.1. The van der Waals surface area contributed by atoms with Crippen molar-refractivity contribution in [2.45, 2.75) is 29.2 Å². The average Bonchev–Trinajstić information content (AvgIpc) is 2.73. The summed E-state index contributed by atoms with van der Waals surface area (Å²) in [6.07, 6.45) is -0.899. The lowest BCUT2D eigenvalue weighted by Gasteiger charge is -2.17. The zero-order valence-electron chi connectivity index (χ0n) is 15.9. The topological polar surface area (TPSA) is 80.7 Å². The Balaban J connectivity index is 2.05. The number of rotatable bonds is 7. The molecule has 30 heavy (non-hydrogen) atoms. The quantitative estimate of drug-likeness (QED) is 0.536. The van der Waals surface area contributed by atoms with Crippen LogP contribution >= 0.6 is 11.6 Å². The van der Waals surface area contributed by atoms with Gasteiger partial charge in [0.25, 0.3) is 0 Å². The summed E-state index contributed by atoms with van der Waals surface area (Å²) >= 11 is 6.28. The number of ether oxygens (including phenoxy) is 1. The van der Waals surface area contributed by atoms with Gasteiger partial charge in [0, 0.05) is 5.56 Å². The minimum absolute atomic E-state index is 0.0446. The van der Waals surface area contributed by atoms with Crippen molar-refractivity contribution < 1.29 is 27.4 Å². The minimum Gasteiger partial charge on any atom is -0.479 e.